The van der Waals surface area contributed by atoms with Crippen LogP contribution in [0.25, 0.3) is 0 Å². The molecule has 3 rings (SSSR count). The fourth-order valence-corrected chi connectivity index (χ4v) is 4.74. The SMILES string of the molecule is O=C(O)c1ccc(S(=O)(=O)N2CCn3ccnc3C2)s1. The van der Waals surface area contributed by atoms with Crippen molar-refractivity contribution in [1.29, 1.82) is 0 Å². The van der Waals surface area contributed by atoms with Crippen LogP contribution in [0.1, 0.15) is 15.5 Å². The van der Waals surface area contributed by atoms with E-state index in [1.54, 1.807) is 6.20 Å². The van der Waals surface area contributed by atoms with E-state index < -0.39 is 16.0 Å². The van der Waals surface area contributed by atoms with E-state index in [2.05, 4.69) is 4.98 Å². The van der Waals surface area contributed by atoms with E-state index in [-0.39, 0.29) is 15.6 Å². The summed E-state index contributed by atoms with van der Waals surface area (Å²) < 4.78 is 28.2. The van der Waals surface area contributed by atoms with Crippen LogP contribution in [0, 0.1) is 0 Å². The highest BCUT2D eigenvalue weighted by Gasteiger charge is 2.30. The molecule has 0 atom stereocenters. The number of aromatic carboxylic acids is 1. The normalized spacial score (nSPS) is 16.0. The van der Waals surface area contributed by atoms with E-state index in [0.29, 0.717) is 18.9 Å². The third-order valence-electron chi connectivity index (χ3n) is 3.10. The van der Waals surface area contributed by atoms with Gasteiger partial charge in [-0.3, -0.25) is 0 Å². The Morgan fingerprint density at radius 1 is 1.35 bits per heavy atom. The van der Waals surface area contributed by atoms with Crippen molar-refractivity contribution in [2.24, 2.45) is 0 Å². The second kappa shape index (κ2) is 4.69. The molecule has 0 saturated carbocycles. The summed E-state index contributed by atoms with van der Waals surface area (Å²) in [6.07, 6.45) is 3.45. The van der Waals surface area contributed by atoms with Crippen LogP contribution in [0.2, 0.25) is 0 Å². The number of carboxylic acids is 1. The van der Waals surface area contributed by atoms with Crippen molar-refractivity contribution < 1.29 is 18.3 Å². The summed E-state index contributed by atoms with van der Waals surface area (Å²) in [5, 5.41) is 8.87. The highest BCUT2D eigenvalue weighted by atomic mass is 32.2. The maximum atomic E-state index is 12.5. The second-order valence-electron chi connectivity index (χ2n) is 4.30. The third kappa shape index (κ3) is 2.13. The molecule has 0 radical (unpaired) electrons. The summed E-state index contributed by atoms with van der Waals surface area (Å²) >= 11 is 0.769. The molecule has 1 N–H and O–H groups in total. The first kappa shape index (κ1) is 13.3. The monoisotopic (exact) mass is 313 g/mol. The van der Waals surface area contributed by atoms with Gasteiger partial charge in [0.05, 0.1) is 6.54 Å². The van der Waals surface area contributed by atoms with E-state index in [0.717, 1.165) is 11.3 Å². The average molecular weight is 313 g/mol. The topological polar surface area (TPSA) is 92.5 Å². The van der Waals surface area contributed by atoms with Crippen LogP contribution < -0.4 is 0 Å². The summed E-state index contributed by atoms with van der Waals surface area (Å²) in [5.74, 6) is -0.430. The van der Waals surface area contributed by atoms with Crippen molar-refractivity contribution in [2.45, 2.75) is 17.3 Å². The molecule has 0 amide bonds. The van der Waals surface area contributed by atoms with E-state index >= 15 is 0 Å². The Morgan fingerprint density at radius 2 is 2.15 bits per heavy atom. The maximum Gasteiger partial charge on any atom is 0.345 e. The number of hydrogen-bond acceptors (Lipinski definition) is 5. The number of hydrogen-bond donors (Lipinski definition) is 1. The van der Waals surface area contributed by atoms with Gasteiger partial charge < -0.3 is 9.67 Å². The van der Waals surface area contributed by atoms with Crippen molar-refractivity contribution >= 4 is 27.3 Å². The lowest BCUT2D eigenvalue weighted by molar-refractivity contribution is 0.0702. The van der Waals surface area contributed by atoms with Gasteiger partial charge in [-0.2, -0.15) is 4.31 Å². The lowest BCUT2D eigenvalue weighted by Gasteiger charge is -2.26. The molecule has 0 spiro atoms. The molecular weight excluding hydrogens is 302 g/mol. The quantitative estimate of drug-likeness (QED) is 0.906. The van der Waals surface area contributed by atoms with Crippen LogP contribution >= 0.6 is 11.3 Å². The van der Waals surface area contributed by atoms with Gasteiger partial charge in [0.15, 0.2) is 0 Å². The number of nitrogens with zero attached hydrogens (tertiary/aromatic N) is 3. The van der Waals surface area contributed by atoms with Gasteiger partial charge in [-0.25, -0.2) is 18.2 Å². The maximum absolute atomic E-state index is 12.5. The fraction of sp³-hybridized carbons (Fsp3) is 0.273. The first-order valence-corrected chi connectivity index (χ1v) is 8.07. The van der Waals surface area contributed by atoms with Gasteiger partial charge in [0, 0.05) is 25.5 Å². The molecule has 0 aromatic carbocycles. The minimum Gasteiger partial charge on any atom is -0.477 e. The third-order valence-corrected chi connectivity index (χ3v) is 6.48. The van der Waals surface area contributed by atoms with Gasteiger partial charge in [0.25, 0.3) is 10.0 Å². The zero-order valence-electron chi connectivity index (χ0n) is 10.3. The number of thiophene rings is 1. The molecule has 0 aliphatic carbocycles. The molecule has 0 fully saturated rings. The summed E-state index contributed by atoms with van der Waals surface area (Å²) in [5.41, 5.74) is 0. The van der Waals surface area contributed by atoms with Crippen LogP contribution in [0.15, 0.2) is 28.7 Å². The van der Waals surface area contributed by atoms with Gasteiger partial charge in [-0.05, 0) is 12.1 Å². The standard InChI is InChI=1S/C11H11N3O4S2/c15-11(16)8-1-2-10(19-8)20(17,18)14-6-5-13-4-3-12-9(13)7-14/h1-4H,5-7H2,(H,15,16). The minimum atomic E-state index is -3.66. The van der Waals surface area contributed by atoms with Gasteiger partial charge in [0.2, 0.25) is 0 Å². The Bertz CT molecular complexity index is 762. The summed E-state index contributed by atoms with van der Waals surface area (Å²) in [7, 11) is -3.66. The number of carbonyl (C=O) groups is 1. The van der Waals surface area contributed by atoms with Gasteiger partial charge in [-0.1, -0.05) is 0 Å². The highest BCUT2D eigenvalue weighted by molar-refractivity contribution is 7.91. The highest BCUT2D eigenvalue weighted by Crippen LogP contribution is 2.27. The van der Waals surface area contributed by atoms with E-state index in [1.807, 2.05) is 10.8 Å². The number of aromatic nitrogens is 2. The molecular formula is C11H11N3O4S2. The molecule has 20 heavy (non-hydrogen) atoms. The molecule has 9 heteroatoms. The van der Waals surface area contributed by atoms with Crippen LogP contribution in [-0.4, -0.2) is 39.9 Å². The number of imidazole rings is 1. The molecule has 2 aromatic rings. The molecule has 2 aromatic heterocycles. The van der Waals surface area contributed by atoms with Crippen LogP contribution in [0.5, 0.6) is 0 Å². The van der Waals surface area contributed by atoms with Crippen molar-refractivity contribution in [2.75, 3.05) is 6.54 Å². The van der Waals surface area contributed by atoms with Gasteiger partial charge in [-0.15, -0.1) is 11.3 Å². The molecule has 3 heterocycles. The number of carboxylic acid groups (broad SMARTS) is 1. The molecule has 7 nitrogen and oxygen atoms in total. The molecule has 0 unspecified atom stereocenters. The van der Waals surface area contributed by atoms with Crippen molar-refractivity contribution in [3.8, 4) is 0 Å². The summed E-state index contributed by atoms with van der Waals surface area (Å²) in [6.45, 7) is 1.10. The zero-order chi connectivity index (χ0) is 14.3. The molecule has 0 saturated heterocycles. The van der Waals surface area contributed by atoms with Crippen LogP contribution in [-0.2, 0) is 23.1 Å². The fourth-order valence-electron chi connectivity index (χ4n) is 2.06. The second-order valence-corrected chi connectivity index (χ2v) is 7.55. The van der Waals surface area contributed by atoms with E-state index in [1.165, 1.54) is 16.4 Å². The first-order valence-electron chi connectivity index (χ1n) is 5.82. The van der Waals surface area contributed by atoms with Crippen LogP contribution in [0.4, 0.5) is 0 Å². The van der Waals surface area contributed by atoms with Gasteiger partial charge in [0.1, 0.15) is 14.9 Å². The molecule has 1 aliphatic rings. The molecule has 0 bridgehead atoms. The minimum absolute atomic E-state index is 0.0158. The van der Waals surface area contributed by atoms with Crippen LogP contribution in [0.3, 0.4) is 0 Å². The van der Waals surface area contributed by atoms with Gasteiger partial charge >= 0.3 is 5.97 Å². The zero-order valence-corrected chi connectivity index (χ0v) is 11.9. The van der Waals surface area contributed by atoms with E-state index in [4.69, 9.17) is 5.11 Å². The number of sulfonamides is 1. The molecule has 1 aliphatic heterocycles. The Balaban J connectivity index is 1.90. The van der Waals surface area contributed by atoms with Crippen molar-refractivity contribution in [3.63, 3.8) is 0 Å². The smallest absolute Gasteiger partial charge is 0.345 e. The Hall–Kier alpha value is -1.71. The van der Waals surface area contributed by atoms with Crippen molar-refractivity contribution in [1.82, 2.24) is 13.9 Å². The summed E-state index contributed by atoms with van der Waals surface area (Å²) in [4.78, 5) is 15.0. The van der Waals surface area contributed by atoms with Crippen molar-refractivity contribution in [3.05, 3.63) is 35.2 Å². The Labute approximate surface area is 119 Å². The Morgan fingerprint density at radius 3 is 2.85 bits per heavy atom. The average Bonchev–Trinajstić information content (AvgIpc) is 3.07. The summed E-state index contributed by atoms with van der Waals surface area (Å²) in [6, 6.07) is 2.65. The lowest BCUT2D eigenvalue weighted by atomic mass is 10.4. The Kier molecular flexibility index (Phi) is 3.11. The first-order chi connectivity index (χ1) is 9.48. The predicted octanol–water partition coefficient (Wildman–Crippen LogP) is 0.847. The largest absolute Gasteiger partial charge is 0.477 e. The number of rotatable bonds is 3. The van der Waals surface area contributed by atoms with E-state index in [9.17, 15) is 13.2 Å². The predicted molar refractivity (Wildman–Crippen MR) is 71.1 cm³/mol. The lowest BCUT2D eigenvalue weighted by Crippen LogP contribution is -2.37. The number of fused-ring (bicyclic) bond motifs is 1. The molecule has 106 valence electrons.